The topological polar surface area (TPSA) is 78.5 Å². The van der Waals surface area contributed by atoms with Gasteiger partial charge in [-0.1, -0.05) is 43.7 Å². The highest BCUT2D eigenvalue weighted by Crippen LogP contribution is 2.30. The Morgan fingerprint density at radius 3 is 2.85 bits per heavy atom. The summed E-state index contributed by atoms with van der Waals surface area (Å²) < 4.78 is 3.33. The van der Waals surface area contributed by atoms with E-state index in [9.17, 15) is 4.79 Å². The number of benzene rings is 1. The first-order valence-electron chi connectivity index (χ1n) is 8.55. The second-order valence-corrected chi connectivity index (χ2v) is 6.90. The summed E-state index contributed by atoms with van der Waals surface area (Å²) in [5.41, 5.74) is 1.87. The van der Waals surface area contributed by atoms with E-state index in [-0.39, 0.29) is 5.56 Å². The minimum Gasteiger partial charge on any atom is -0.291 e. The number of aromatic nitrogens is 6. The normalized spacial score (nSPS) is 11.3. The maximum Gasteiger partial charge on any atom is 0.263 e. The van der Waals surface area contributed by atoms with E-state index in [4.69, 9.17) is 0 Å². The summed E-state index contributed by atoms with van der Waals surface area (Å²) in [5.74, 6) is 0.665. The van der Waals surface area contributed by atoms with Crippen LogP contribution in [-0.4, -0.2) is 29.8 Å². The van der Waals surface area contributed by atoms with Crippen molar-refractivity contribution < 1.29 is 0 Å². The van der Waals surface area contributed by atoms with Gasteiger partial charge in [0.05, 0.1) is 18.3 Å². The largest absolute Gasteiger partial charge is 0.291 e. The van der Waals surface area contributed by atoms with Gasteiger partial charge in [0, 0.05) is 17.5 Å². The van der Waals surface area contributed by atoms with E-state index in [2.05, 4.69) is 27.4 Å². The number of unbranched alkanes of at least 4 members (excludes halogenated alkanes) is 1. The average molecular weight is 366 g/mol. The molecule has 0 spiro atoms. The minimum absolute atomic E-state index is 0.0693. The smallest absolute Gasteiger partial charge is 0.263 e. The lowest BCUT2D eigenvalue weighted by Gasteiger charge is -2.07. The number of hydrogen-bond donors (Lipinski definition) is 0. The zero-order valence-electron chi connectivity index (χ0n) is 14.4. The van der Waals surface area contributed by atoms with Gasteiger partial charge in [-0.15, -0.1) is 16.4 Å². The fourth-order valence-corrected chi connectivity index (χ4v) is 3.79. The fourth-order valence-electron chi connectivity index (χ4n) is 2.88. The molecule has 0 N–H and O–H groups in total. The zero-order valence-corrected chi connectivity index (χ0v) is 15.2. The number of hydrogen-bond acceptors (Lipinski definition) is 6. The van der Waals surface area contributed by atoms with Gasteiger partial charge in [0.1, 0.15) is 4.83 Å². The standard InChI is InChI=1S/C18H18N6OS/c1-2-3-9-24-15(20-21-22-24)10-23-12-19-17-16(18(23)25)14(11-26-17)13-7-5-4-6-8-13/h4-8,11-12H,2-3,9-10H2,1H3. The predicted octanol–water partition coefficient (Wildman–Crippen LogP) is 2.96. The van der Waals surface area contributed by atoms with Crippen LogP contribution in [0.3, 0.4) is 0 Å². The number of nitrogens with zero attached hydrogens (tertiary/aromatic N) is 6. The molecule has 4 aromatic rings. The van der Waals surface area contributed by atoms with Gasteiger partial charge in [-0.25, -0.2) is 9.67 Å². The Bertz CT molecular complexity index is 1080. The van der Waals surface area contributed by atoms with Crippen molar-refractivity contribution in [2.24, 2.45) is 0 Å². The highest BCUT2D eigenvalue weighted by atomic mass is 32.1. The molecule has 0 saturated heterocycles. The highest BCUT2D eigenvalue weighted by Gasteiger charge is 2.15. The van der Waals surface area contributed by atoms with Crippen molar-refractivity contribution in [2.45, 2.75) is 32.9 Å². The molecule has 0 atom stereocenters. The van der Waals surface area contributed by atoms with Gasteiger partial charge in [-0.05, 0) is 22.4 Å². The summed E-state index contributed by atoms with van der Waals surface area (Å²) in [6.45, 7) is 3.17. The van der Waals surface area contributed by atoms with E-state index < -0.39 is 0 Å². The van der Waals surface area contributed by atoms with Crippen LogP contribution in [0.25, 0.3) is 21.3 Å². The van der Waals surface area contributed by atoms with Gasteiger partial charge < -0.3 is 0 Å². The zero-order chi connectivity index (χ0) is 17.9. The lowest BCUT2D eigenvalue weighted by Crippen LogP contribution is -2.23. The van der Waals surface area contributed by atoms with Crippen LogP contribution in [0.15, 0.2) is 46.8 Å². The number of rotatable bonds is 6. The van der Waals surface area contributed by atoms with Crippen LogP contribution in [0.4, 0.5) is 0 Å². The SMILES string of the molecule is CCCCn1nnnc1Cn1cnc2scc(-c3ccccc3)c2c1=O. The molecule has 7 nitrogen and oxygen atoms in total. The number of tetrazole rings is 1. The summed E-state index contributed by atoms with van der Waals surface area (Å²) in [6, 6.07) is 9.91. The van der Waals surface area contributed by atoms with Gasteiger partial charge in [0.2, 0.25) is 0 Å². The second-order valence-electron chi connectivity index (χ2n) is 6.04. The Kier molecular flexibility index (Phi) is 4.57. The van der Waals surface area contributed by atoms with E-state index in [1.54, 1.807) is 15.6 Å². The molecule has 0 bridgehead atoms. The van der Waals surface area contributed by atoms with Gasteiger partial charge in [0.15, 0.2) is 5.82 Å². The van der Waals surface area contributed by atoms with E-state index in [0.29, 0.717) is 17.8 Å². The Balaban J connectivity index is 1.75. The molecule has 3 aromatic heterocycles. The van der Waals surface area contributed by atoms with Crippen LogP contribution in [-0.2, 0) is 13.1 Å². The number of aryl methyl sites for hydroxylation is 1. The first-order chi connectivity index (χ1) is 12.8. The van der Waals surface area contributed by atoms with Crippen molar-refractivity contribution in [3.05, 3.63) is 58.2 Å². The molecule has 132 valence electrons. The van der Waals surface area contributed by atoms with Crippen molar-refractivity contribution in [2.75, 3.05) is 0 Å². The molecule has 26 heavy (non-hydrogen) atoms. The Morgan fingerprint density at radius 2 is 2.04 bits per heavy atom. The monoisotopic (exact) mass is 366 g/mol. The Morgan fingerprint density at radius 1 is 1.19 bits per heavy atom. The third kappa shape index (κ3) is 3.03. The maximum atomic E-state index is 13.1. The number of thiophene rings is 1. The molecule has 0 aliphatic rings. The predicted molar refractivity (Wildman–Crippen MR) is 101 cm³/mol. The van der Waals surface area contributed by atoms with Crippen LogP contribution in [0.1, 0.15) is 25.6 Å². The average Bonchev–Trinajstić information content (AvgIpc) is 3.30. The van der Waals surface area contributed by atoms with E-state index in [1.807, 2.05) is 35.7 Å². The van der Waals surface area contributed by atoms with Crippen molar-refractivity contribution >= 4 is 21.6 Å². The molecule has 0 aliphatic heterocycles. The minimum atomic E-state index is -0.0693. The molecule has 1 aromatic carbocycles. The first kappa shape index (κ1) is 16.6. The van der Waals surface area contributed by atoms with Crippen LogP contribution in [0.2, 0.25) is 0 Å². The third-order valence-electron chi connectivity index (χ3n) is 4.29. The lowest BCUT2D eigenvalue weighted by molar-refractivity contribution is 0.521. The van der Waals surface area contributed by atoms with Crippen LogP contribution in [0.5, 0.6) is 0 Å². The fraction of sp³-hybridized carbons (Fsp3) is 0.278. The quantitative estimate of drug-likeness (QED) is 0.524. The van der Waals surface area contributed by atoms with E-state index in [1.165, 1.54) is 11.3 Å². The summed E-state index contributed by atoms with van der Waals surface area (Å²) in [7, 11) is 0. The summed E-state index contributed by atoms with van der Waals surface area (Å²) in [4.78, 5) is 18.3. The van der Waals surface area contributed by atoms with Gasteiger partial charge in [-0.3, -0.25) is 9.36 Å². The molecule has 3 heterocycles. The molecule has 0 radical (unpaired) electrons. The third-order valence-corrected chi connectivity index (χ3v) is 5.17. The Labute approximate surface area is 153 Å². The summed E-state index contributed by atoms with van der Waals surface area (Å²) in [6.07, 6.45) is 3.63. The van der Waals surface area contributed by atoms with Gasteiger partial charge in [-0.2, -0.15) is 0 Å². The maximum absolute atomic E-state index is 13.1. The van der Waals surface area contributed by atoms with Gasteiger partial charge in [0.25, 0.3) is 5.56 Å². The Hall–Kier alpha value is -2.87. The molecular weight excluding hydrogens is 348 g/mol. The highest BCUT2D eigenvalue weighted by molar-refractivity contribution is 7.17. The molecular formula is C18H18N6OS. The molecule has 4 rings (SSSR count). The molecule has 0 aliphatic carbocycles. The van der Waals surface area contributed by atoms with Crippen molar-refractivity contribution in [1.29, 1.82) is 0 Å². The van der Waals surface area contributed by atoms with Gasteiger partial charge >= 0.3 is 0 Å². The van der Waals surface area contributed by atoms with Crippen molar-refractivity contribution in [3.8, 4) is 11.1 Å². The molecule has 8 heteroatoms. The lowest BCUT2D eigenvalue weighted by atomic mass is 10.1. The summed E-state index contributed by atoms with van der Waals surface area (Å²) >= 11 is 1.48. The molecule has 0 saturated carbocycles. The van der Waals surface area contributed by atoms with Crippen molar-refractivity contribution in [3.63, 3.8) is 0 Å². The first-order valence-corrected chi connectivity index (χ1v) is 9.43. The molecule has 0 amide bonds. The summed E-state index contributed by atoms with van der Waals surface area (Å²) in [5, 5.41) is 14.5. The van der Waals surface area contributed by atoms with Crippen LogP contribution in [0, 0.1) is 0 Å². The van der Waals surface area contributed by atoms with Crippen LogP contribution >= 0.6 is 11.3 Å². The second kappa shape index (κ2) is 7.17. The van der Waals surface area contributed by atoms with Crippen molar-refractivity contribution in [1.82, 2.24) is 29.8 Å². The number of fused-ring (bicyclic) bond motifs is 1. The van der Waals surface area contributed by atoms with E-state index >= 15 is 0 Å². The molecule has 0 fully saturated rings. The van der Waals surface area contributed by atoms with E-state index in [0.717, 1.165) is 35.3 Å². The molecule has 0 unspecified atom stereocenters. The van der Waals surface area contributed by atoms with Crippen LogP contribution < -0.4 is 5.56 Å².